The molecule has 1 fully saturated rings. The van der Waals surface area contributed by atoms with Crippen molar-refractivity contribution in [2.75, 3.05) is 12.3 Å². The second-order valence-corrected chi connectivity index (χ2v) is 7.50. The molecule has 2 N–H and O–H groups in total. The molecule has 0 saturated heterocycles. The molecule has 0 radical (unpaired) electrons. The van der Waals surface area contributed by atoms with Gasteiger partial charge in [-0.1, -0.05) is 0 Å². The Morgan fingerprint density at radius 2 is 2.00 bits per heavy atom. The quantitative estimate of drug-likeness (QED) is 0.843. The van der Waals surface area contributed by atoms with E-state index >= 15 is 0 Å². The highest BCUT2D eigenvalue weighted by molar-refractivity contribution is 7.89. The van der Waals surface area contributed by atoms with Crippen molar-refractivity contribution in [3.63, 3.8) is 0 Å². The highest BCUT2D eigenvalue weighted by Crippen LogP contribution is 2.33. The summed E-state index contributed by atoms with van der Waals surface area (Å²) in [6.07, 6.45) is 2.28. The number of aryl methyl sites for hydroxylation is 1. The minimum atomic E-state index is -3.43. The highest BCUT2D eigenvalue weighted by Gasteiger charge is 2.33. The molecule has 1 aliphatic carbocycles. The molecule has 4 nitrogen and oxygen atoms in total. The summed E-state index contributed by atoms with van der Waals surface area (Å²) in [5.41, 5.74) is 6.99. The summed E-state index contributed by atoms with van der Waals surface area (Å²) in [5, 5.41) is 0. The Balaban J connectivity index is 2.37. The van der Waals surface area contributed by atoms with Gasteiger partial charge in [-0.3, -0.25) is 0 Å². The number of nitrogens with zero attached hydrogens (tertiary/aromatic N) is 1. The van der Waals surface area contributed by atoms with Gasteiger partial charge in [-0.2, -0.15) is 4.31 Å². The van der Waals surface area contributed by atoms with Crippen molar-refractivity contribution in [3.8, 4) is 0 Å². The molecule has 0 unspecified atom stereocenters. The smallest absolute Gasteiger partial charge is 0.243 e. The first-order valence-electron chi connectivity index (χ1n) is 6.70. The van der Waals surface area contributed by atoms with E-state index in [9.17, 15) is 8.42 Å². The molecule has 19 heavy (non-hydrogen) atoms. The van der Waals surface area contributed by atoms with E-state index in [1.165, 1.54) is 0 Å². The highest BCUT2D eigenvalue weighted by atomic mass is 32.2. The molecule has 1 aromatic carbocycles. The van der Waals surface area contributed by atoms with E-state index in [1.807, 2.05) is 13.8 Å². The molecule has 1 aliphatic rings. The van der Waals surface area contributed by atoms with Gasteiger partial charge in [-0.05, 0) is 63.3 Å². The molecule has 2 rings (SSSR count). The zero-order valence-electron chi connectivity index (χ0n) is 11.8. The maximum atomic E-state index is 12.8. The number of nitrogens with two attached hydrogens (primary N) is 1. The number of hydrogen-bond acceptors (Lipinski definition) is 3. The van der Waals surface area contributed by atoms with Gasteiger partial charge in [-0.15, -0.1) is 0 Å². The molecular weight excluding hydrogens is 260 g/mol. The maximum absolute atomic E-state index is 12.8. The molecule has 106 valence electrons. The van der Waals surface area contributed by atoms with Gasteiger partial charge in [0.05, 0.1) is 4.90 Å². The van der Waals surface area contributed by atoms with Crippen molar-refractivity contribution in [2.45, 2.75) is 44.6 Å². The van der Waals surface area contributed by atoms with Crippen LogP contribution in [0.2, 0.25) is 0 Å². The molecule has 1 saturated carbocycles. The summed E-state index contributed by atoms with van der Waals surface area (Å²) in [5.74, 6) is 0.534. The average Bonchev–Trinajstić information content (AvgIpc) is 3.08. The predicted molar refractivity (Wildman–Crippen MR) is 77.3 cm³/mol. The molecule has 0 aromatic heterocycles. The SMILES string of the molecule is Cc1cc(N)ccc1S(=O)(=O)N(CC1CC1)C(C)C. The number of benzene rings is 1. The van der Waals surface area contributed by atoms with Gasteiger partial charge in [0.1, 0.15) is 0 Å². The Labute approximate surface area is 115 Å². The summed E-state index contributed by atoms with van der Waals surface area (Å²) in [4.78, 5) is 0.371. The summed E-state index contributed by atoms with van der Waals surface area (Å²) < 4.78 is 27.1. The lowest BCUT2D eigenvalue weighted by Gasteiger charge is -2.26. The topological polar surface area (TPSA) is 63.4 Å². The van der Waals surface area contributed by atoms with Gasteiger partial charge >= 0.3 is 0 Å². The molecule has 0 amide bonds. The fraction of sp³-hybridized carbons (Fsp3) is 0.571. The summed E-state index contributed by atoms with van der Waals surface area (Å²) in [6, 6.07) is 4.95. The van der Waals surface area contributed by atoms with Crippen LogP contribution in [0.1, 0.15) is 32.3 Å². The fourth-order valence-electron chi connectivity index (χ4n) is 2.23. The number of anilines is 1. The van der Waals surface area contributed by atoms with E-state index < -0.39 is 10.0 Å². The van der Waals surface area contributed by atoms with Crippen molar-refractivity contribution in [1.29, 1.82) is 0 Å². The van der Waals surface area contributed by atoms with Crippen LogP contribution in [0.15, 0.2) is 23.1 Å². The lowest BCUT2D eigenvalue weighted by Crippen LogP contribution is -2.38. The molecule has 0 aliphatic heterocycles. The second-order valence-electron chi connectivity index (χ2n) is 5.64. The van der Waals surface area contributed by atoms with Crippen LogP contribution in [-0.4, -0.2) is 25.3 Å². The standard InChI is InChI=1S/C14H22N2O2S/c1-10(2)16(9-12-4-5-12)19(17,18)14-7-6-13(15)8-11(14)3/h6-8,10,12H,4-5,9,15H2,1-3H3. The van der Waals surface area contributed by atoms with Crippen molar-refractivity contribution < 1.29 is 8.42 Å². The van der Waals surface area contributed by atoms with Gasteiger partial charge in [0, 0.05) is 18.3 Å². The first-order valence-corrected chi connectivity index (χ1v) is 8.14. The first-order chi connectivity index (χ1) is 8.82. The predicted octanol–water partition coefficient (Wildman–Crippen LogP) is 2.39. The third-order valence-electron chi connectivity index (χ3n) is 3.50. The van der Waals surface area contributed by atoms with Gasteiger partial charge in [0.2, 0.25) is 10.0 Å². The molecule has 0 heterocycles. The van der Waals surface area contributed by atoms with E-state index in [0.717, 1.165) is 12.8 Å². The van der Waals surface area contributed by atoms with E-state index in [4.69, 9.17) is 5.73 Å². The Hall–Kier alpha value is -1.07. The molecule has 0 bridgehead atoms. The Kier molecular flexibility index (Phi) is 3.87. The van der Waals surface area contributed by atoms with Crippen LogP contribution in [0.4, 0.5) is 5.69 Å². The van der Waals surface area contributed by atoms with Crippen LogP contribution in [0.3, 0.4) is 0 Å². The zero-order valence-corrected chi connectivity index (χ0v) is 12.6. The van der Waals surface area contributed by atoms with Gasteiger partial charge in [-0.25, -0.2) is 8.42 Å². The lowest BCUT2D eigenvalue weighted by molar-refractivity contribution is 0.341. The van der Waals surface area contributed by atoms with Gasteiger partial charge in [0.25, 0.3) is 0 Å². The molecular formula is C14H22N2O2S. The minimum Gasteiger partial charge on any atom is -0.399 e. The van der Waals surface area contributed by atoms with Crippen LogP contribution >= 0.6 is 0 Å². The summed E-state index contributed by atoms with van der Waals surface area (Å²) in [6.45, 7) is 6.27. The number of rotatable bonds is 5. The van der Waals surface area contributed by atoms with E-state index in [2.05, 4.69) is 0 Å². The molecule has 0 spiro atoms. The third-order valence-corrected chi connectivity index (χ3v) is 5.70. The summed E-state index contributed by atoms with van der Waals surface area (Å²) in [7, 11) is -3.43. The van der Waals surface area contributed by atoms with Crippen molar-refractivity contribution in [2.24, 2.45) is 5.92 Å². The number of hydrogen-bond donors (Lipinski definition) is 1. The van der Waals surface area contributed by atoms with E-state index in [0.29, 0.717) is 28.6 Å². The van der Waals surface area contributed by atoms with Crippen molar-refractivity contribution in [3.05, 3.63) is 23.8 Å². The lowest BCUT2D eigenvalue weighted by atomic mass is 10.2. The summed E-state index contributed by atoms with van der Waals surface area (Å²) >= 11 is 0. The van der Waals surface area contributed by atoms with Gasteiger partial charge < -0.3 is 5.73 Å². The monoisotopic (exact) mass is 282 g/mol. The zero-order chi connectivity index (χ0) is 14.2. The van der Waals surface area contributed by atoms with Crippen LogP contribution in [0.25, 0.3) is 0 Å². The Bertz CT molecular complexity index is 563. The second kappa shape index (κ2) is 5.13. The van der Waals surface area contributed by atoms with Crippen LogP contribution < -0.4 is 5.73 Å². The third kappa shape index (κ3) is 3.09. The van der Waals surface area contributed by atoms with Crippen LogP contribution in [0.5, 0.6) is 0 Å². The first kappa shape index (κ1) is 14.3. The minimum absolute atomic E-state index is 0.0254. The normalized spacial score (nSPS) is 16.3. The Morgan fingerprint density at radius 1 is 1.37 bits per heavy atom. The fourth-order valence-corrected chi connectivity index (χ4v) is 4.15. The van der Waals surface area contributed by atoms with Gasteiger partial charge in [0.15, 0.2) is 0 Å². The maximum Gasteiger partial charge on any atom is 0.243 e. The number of sulfonamides is 1. The van der Waals surface area contributed by atoms with Crippen molar-refractivity contribution in [1.82, 2.24) is 4.31 Å². The Morgan fingerprint density at radius 3 is 2.47 bits per heavy atom. The van der Waals surface area contributed by atoms with Crippen molar-refractivity contribution >= 4 is 15.7 Å². The number of nitrogen functional groups attached to an aromatic ring is 1. The molecule has 1 aromatic rings. The largest absolute Gasteiger partial charge is 0.399 e. The van der Waals surface area contributed by atoms with E-state index in [-0.39, 0.29) is 6.04 Å². The van der Waals surface area contributed by atoms with Crippen LogP contribution in [0, 0.1) is 12.8 Å². The molecule has 0 atom stereocenters. The molecule has 5 heteroatoms. The van der Waals surface area contributed by atoms with E-state index in [1.54, 1.807) is 29.4 Å². The average molecular weight is 282 g/mol. The van der Waals surface area contributed by atoms with Crippen LogP contribution in [-0.2, 0) is 10.0 Å².